The van der Waals surface area contributed by atoms with Gasteiger partial charge < -0.3 is 9.13 Å². The van der Waals surface area contributed by atoms with Gasteiger partial charge in [-0.3, -0.25) is 9.59 Å². The topological polar surface area (TPSA) is 94.8 Å². The van der Waals surface area contributed by atoms with Gasteiger partial charge in [-0.05, 0) is 78.9 Å². The molecule has 0 unspecified atom stereocenters. The van der Waals surface area contributed by atoms with Crippen LogP contribution in [0.1, 0.15) is 31.8 Å². The smallest absolute Gasteiger partial charge is 0.266 e. The van der Waals surface area contributed by atoms with Crippen molar-refractivity contribution in [3.8, 4) is 23.5 Å². The summed E-state index contributed by atoms with van der Waals surface area (Å²) in [5.74, 6) is -0.829. The molecule has 0 saturated heterocycles. The van der Waals surface area contributed by atoms with Crippen LogP contribution in [0.3, 0.4) is 0 Å². The van der Waals surface area contributed by atoms with Crippen LogP contribution >= 0.6 is 0 Å². The highest BCUT2D eigenvalue weighted by atomic mass is 16.2. The largest absolute Gasteiger partial charge is 0.309 e. The summed E-state index contributed by atoms with van der Waals surface area (Å²) in [6.07, 6.45) is 0. The number of fused-ring (bicyclic) bond motifs is 7. The van der Waals surface area contributed by atoms with Crippen LogP contribution in [0.15, 0.2) is 127 Å². The second kappa shape index (κ2) is 9.77. The Hall–Kier alpha value is -6.96. The quantitative estimate of drug-likeness (QED) is 0.189. The molecule has 3 heterocycles. The first-order valence-electron chi connectivity index (χ1n) is 15.1. The standard InChI is InChI=1S/C40H21N5O2/c41-22-24-13-15-26(16-14-24)43-35-11-5-3-7-29(35)33-20-34-30-8-4-6-12-36(30)44(38(34)21-37(33)43)27-17-25(23-42)18-28(19-27)45-39(46)31-9-1-2-10-32(31)40(45)47/h1-21H. The minimum Gasteiger partial charge on any atom is -0.309 e. The number of nitrogens with zero attached hydrogens (tertiary/aromatic N) is 5. The van der Waals surface area contributed by atoms with Gasteiger partial charge in [0.2, 0.25) is 0 Å². The van der Waals surface area contributed by atoms with Crippen LogP contribution < -0.4 is 4.90 Å². The predicted molar refractivity (Wildman–Crippen MR) is 182 cm³/mol. The third-order valence-electron chi connectivity index (χ3n) is 9.06. The van der Waals surface area contributed by atoms with Crippen molar-refractivity contribution in [1.82, 2.24) is 9.13 Å². The van der Waals surface area contributed by atoms with Gasteiger partial charge in [-0.25, -0.2) is 4.90 Å². The first kappa shape index (κ1) is 26.4. The number of imide groups is 1. The van der Waals surface area contributed by atoms with E-state index < -0.39 is 11.8 Å². The monoisotopic (exact) mass is 603 g/mol. The Balaban J connectivity index is 1.34. The number of carbonyl (C=O) groups is 2. The third kappa shape index (κ3) is 3.72. The normalized spacial score (nSPS) is 12.7. The number of hydrogen-bond acceptors (Lipinski definition) is 4. The molecule has 218 valence electrons. The second-order valence-electron chi connectivity index (χ2n) is 11.6. The highest BCUT2D eigenvalue weighted by Crippen LogP contribution is 2.40. The third-order valence-corrected chi connectivity index (χ3v) is 9.06. The van der Waals surface area contributed by atoms with Crippen LogP contribution in [0, 0.1) is 22.7 Å². The van der Waals surface area contributed by atoms with E-state index in [9.17, 15) is 20.1 Å². The number of benzene rings is 6. The van der Waals surface area contributed by atoms with Gasteiger partial charge in [0.1, 0.15) is 0 Å². The van der Waals surface area contributed by atoms with Crippen LogP contribution in [0.2, 0.25) is 0 Å². The summed E-state index contributed by atoms with van der Waals surface area (Å²) in [4.78, 5) is 28.1. The average Bonchev–Trinajstić information content (AvgIpc) is 3.71. The maximum Gasteiger partial charge on any atom is 0.266 e. The molecule has 0 radical (unpaired) electrons. The number of aromatic nitrogens is 2. The molecular formula is C40H21N5O2. The Bertz CT molecular complexity index is 2720. The number of para-hydroxylation sites is 2. The van der Waals surface area contributed by atoms with Crippen LogP contribution in [0.25, 0.3) is 55.0 Å². The number of anilines is 1. The Kier molecular flexibility index (Phi) is 5.50. The first-order valence-corrected chi connectivity index (χ1v) is 15.1. The van der Waals surface area contributed by atoms with Crippen molar-refractivity contribution in [1.29, 1.82) is 10.5 Å². The molecule has 9 rings (SSSR count). The number of nitriles is 2. The van der Waals surface area contributed by atoms with E-state index in [1.54, 1.807) is 42.5 Å². The summed E-state index contributed by atoms with van der Waals surface area (Å²) >= 11 is 0. The van der Waals surface area contributed by atoms with Gasteiger partial charge in [-0.2, -0.15) is 10.5 Å². The molecule has 6 aromatic carbocycles. The van der Waals surface area contributed by atoms with Crippen LogP contribution in [-0.4, -0.2) is 20.9 Å². The molecular weight excluding hydrogens is 582 g/mol. The van der Waals surface area contributed by atoms with Gasteiger partial charge >= 0.3 is 0 Å². The maximum absolute atomic E-state index is 13.5. The highest BCUT2D eigenvalue weighted by Gasteiger charge is 2.36. The van der Waals surface area contributed by atoms with Gasteiger partial charge in [0, 0.05) is 32.9 Å². The van der Waals surface area contributed by atoms with Crippen LogP contribution in [-0.2, 0) is 0 Å². The highest BCUT2D eigenvalue weighted by molar-refractivity contribution is 6.34. The molecule has 0 N–H and O–H groups in total. The molecule has 1 aliphatic rings. The molecule has 47 heavy (non-hydrogen) atoms. The van der Waals surface area contributed by atoms with Crippen molar-refractivity contribution >= 4 is 61.1 Å². The molecule has 7 heteroatoms. The SMILES string of the molecule is N#Cc1ccc(-n2c3ccccc3c3cc4c5ccccc5n(-c5cc(C#N)cc(N6C(=O)c7ccccc7C6=O)c5)c4cc32)cc1. The lowest BCUT2D eigenvalue weighted by Crippen LogP contribution is -2.29. The first-order chi connectivity index (χ1) is 23.1. The van der Waals surface area contributed by atoms with Gasteiger partial charge in [0.15, 0.2) is 0 Å². The number of hydrogen-bond donors (Lipinski definition) is 0. The molecule has 0 atom stereocenters. The molecule has 1 aliphatic heterocycles. The number of rotatable bonds is 3. The zero-order valence-corrected chi connectivity index (χ0v) is 24.7. The molecule has 0 saturated carbocycles. The Morgan fingerprint density at radius 1 is 0.426 bits per heavy atom. The lowest BCUT2D eigenvalue weighted by atomic mass is 10.1. The van der Waals surface area contributed by atoms with Crippen molar-refractivity contribution in [2.45, 2.75) is 0 Å². The summed E-state index contributed by atoms with van der Waals surface area (Å²) in [6.45, 7) is 0. The summed E-state index contributed by atoms with van der Waals surface area (Å²) in [5, 5.41) is 23.8. The van der Waals surface area contributed by atoms with Gasteiger partial charge in [0.25, 0.3) is 11.8 Å². The molecule has 0 fully saturated rings. The van der Waals surface area contributed by atoms with E-state index >= 15 is 0 Å². The fourth-order valence-electron chi connectivity index (χ4n) is 7.01. The molecule has 0 spiro atoms. The van der Waals surface area contributed by atoms with Crippen LogP contribution in [0.4, 0.5) is 5.69 Å². The lowest BCUT2D eigenvalue weighted by Gasteiger charge is -2.17. The molecule has 7 nitrogen and oxygen atoms in total. The summed E-state index contributed by atoms with van der Waals surface area (Å²) in [7, 11) is 0. The van der Waals surface area contributed by atoms with E-state index in [-0.39, 0.29) is 0 Å². The van der Waals surface area contributed by atoms with Gasteiger partial charge in [0.05, 0.1) is 62.1 Å². The average molecular weight is 604 g/mol. The fourth-order valence-corrected chi connectivity index (χ4v) is 7.01. The van der Waals surface area contributed by atoms with E-state index in [1.807, 2.05) is 54.6 Å². The van der Waals surface area contributed by atoms with Gasteiger partial charge in [-0.15, -0.1) is 0 Å². The molecule has 0 aliphatic carbocycles. The van der Waals surface area contributed by atoms with Gasteiger partial charge in [-0.1, -0.05) is 48.5 Å². The summed E-state index contributed by atoms with van der Waals surface area (Å²) in [6, 6.07) is 44.7. The fraction of sp³-hybridized carbons (Fsp3) is 0. The summed E-state index contributed by atoms with van der Waals surface area (Å²) in [5.41, 5.74) is 7.36. The van der Waals surface area contributed by atoms with E-state index in [4.69, 9.17) is 0 Å². The van der Waals surface area contributed by atoms with E-state index in [1.165, 1.54) is 0 Å². The molecule has 2 amide bonds. The Morgan fingerprint density at radius 3 is 1.51 bits per heavy atom. The Labute approximate surface area is 267 Å². The zero-order valence-electron chi connectivity index (χ0n) is 24.7. The van der Waals surface area contributed by atoms with Crippen molar-refractivity contribution < 1.29 is 9.59 Å². The van der Waals surface area contributed by atoms with Crippen molar-refractivity contribution in [3.05, 3.63) is 150 Å². The van der Waals surface area contributed by atoms with E-state index in [0.717, 1.165) is 54.2 Å². The maximum atomic E-state index is 13.5. The minimum absolute atomic E-state index is 0.327. The van der Waals surface area contributed by atoms with E-state index in [0.29, 0.717) is 33.6 Å². The zero-order chi connectivity index (χ0) is 31.8. The van der Waals surface area contributed by atoms with Crippen molar-refractivity contribution in [3.63, 3.8) is 0 Å². The summed E-state index contributed by atoms with van der Waals surface area (Å²) < 4.78 is 4.29. The lowest BCUT2D eigenvalue weighted by molar-refractivity contribution is 0.0926. The second-order valence-corrected chi connectivity index (χ2v) is 11.6. The molecule has 2 aromatic heterocycles. The number of amides is 2. The number of carbonyl (C=O) groups excluding carboxylic acids is 2. The Morgan fingerprint density at radius 2 is 0.936 bits per heavy atom. The molecule has 0 bridgehead atoms. The molecule has 8 aromatic rings. The van der Waals surface area contributed by atoms with E-state index in [2.05, 4.69) is 51.6 Å². The van der Waals surface area contributed by atoms with Crippen molar-refractivity contribution in [2.75, 3.05) is 4.90 Å². The minimum atomic E-state index is -0.414. The predicted octanol–water partition coefficient (Wildman–Crippen LogP) is 8.42. The van der Waals surface area contributed by atoms with Crippen molar-refractivity contribution in [2.24, 2.45) is 0 Å². The van der Waals surface area contributed by atoms with Crippen LogP contribution in [0.5, 0.6) is 0 Å².